The minimum absolute atomic E-state index is 1.17. The molecule has 0 aromatic heterocycles. The summed E-state index contributed by atoms with van der Waals surface area (Å²) in [6.07, 6.45) is 5.90. The predicted molar refractivity (Wildman–Crippen MR) is 70.0 cm³/mol. The Morgan fingerprint density at radius 1 is 1.07 bits per heavy atom. The van der Waals surface area contributed by atoms with Crippen molar-refractivity contribution in [2.75, 3.05) is 0 Å². The Bertz CT molecular complexity index is 410. The van der Waals surface area contributed by atoms with Crippen molar-refractivity contribution in [1.29, 1.82) is 0 Å². The van der Waals surface area contributed by atoms with Gasteiger partial charge in [0.1, 0.15) is 8.07 Å². The smallest absolute Gasteiger partial charge is 0.0779 e. The van der Waals surface area contributed by atoms with Crippen LogP contribution in [0.2, 0.25) is 13.1 Å². The molecule has 0 aliphatic heterocycles. The fourth-order valence-electron chi connectivity index (χ4n) is 2.14. The van der Waals surface area contributed by atoms with Crippen LogP contribution >= 0.6 is 0 Å². The van der Waals surface area contributed by atoms with Gasteiger partial charge in [-0.25, -0.2) is 0 Å². The van der Waals surface area contributed by atoms with Crippen LogP contribution < -0.4 is 5.19 Å². The molecule has 0 amide bonds. The monoisotopic (exact) mass is 214 g/mol. The van der Waals surface area contributed by atoms with Crippen molar-refractivity contribution in [2.45, 2.75) is 26.4 Å². The van der Waals surface area contributed by atoms with Crippen LogP contribution in [-0.4, -0.2) is 8.07 Å². The van der Waals surface area contributed by atoms with Gasteiger partial charge in [-0.05, 0) is 13.3 Å². The van der Waals surface area contributed by atoms with Gasteiger partial charge in [-0.1, -0.05) is 71.5 Å². The number of benzene rings is 1. The van der Waals surface area contributed by atoms with Crippen molar-refractivity contribution in [3.05, 3.63) is 53.3 Å². The van der Waals surface area contributed by atoms with Gasteiger partial charge in [0, 0.05) is 0 Å². The van der Waals surface area contributed by atoms with E-state index >= 15 is 0 Å². The molecule has 0 nitrogen and oxygen atoms in total. The molecular formula is C14H18Si. The topological polar surface area (TPSA) is 0 Å². The first-order valence-corrected chi connectivity index (χ1v) is 8.54. The summed E-state index contributed by atoms with van der Waals surface area (Å²) in [5.74, 6) is 0. The van der Waals surface area contributed by atoms with Crippen molar-refractivity contribution in [2.24, 2.45) is 0 Å². The third-order valence-electron chi connectivity index (χ3n) is 3.34. The van der Waals surface area contributed by atoms with Gasteiger partial charge >= 0.3 is 0 Å². The third kappa shape index (κ3) is 1.98. The first kappa shape index (κ1) is 10.4. The molecule has 2 rings (SSSR count). The van der Waals surface area contributed by atoms with Crippen LogP contribution in [0, 0.1) is 0 Å². The molecule has 0 fully saturated rings. The summed E-state index contributed by atoms with van der Waals surface area (Å²) in [6, 6.07) is 11.0. The molecule has 0 bridgehead atoms. The van der Waals surface area contributed by atoms with E-state index in [1.54, 1.807) is 10.4 Å². The van der Waals surface area contributed by atoms with Gasteiger partial charge in [-0.2, -0.15) is 0 Å². The molecule has 0 atom stereocenters. The van der Waals surface area contributed by atoms with Crippen molar-refractivity contribution >= 4 is 13.3 Å². The Morgan fingerprint density at radius 3 is 2.27 bits per heavy atom. The van der Waals surface area contributed by atoms with E-state index in [0.717, 1.165) is 0 Å². The molecule has 1 aromatic carbocycles. The molecule has 1 aliphatic rings. The molecule has 0 N–H and O–H groups in total. The van der Waals surface area contributed by atoms with Gasteiger partial charge in [-0.3, -0.25) is 0 Å². The highest BCUT2D eigenvalue weighted by atomic mass is 28.3. The molecule has 0 unspecified atom stereocenters. The molecule has 0 spiro atoms. The van der Waals surface area contributed by atoms with Crippen LogP contribution in [0.1, 0.15) is 13.3 Å². The Hall–Kier alpha value is -1.08. The maximum Gasteiger partial charge on any atom is 0.107 e. The van der Waals surface area contributed by atoms with Gasteiger partial charge in [0.15, 0.2) is 0 Å². The van der Waals surface area contributed by atoms with E-state index in [0.29, 0.717) is 0 Å². The minimum atomic E-state index is -1.38. The number of hydrogen-bond donors (Lipinski definition) is 0. The summed E-state index contributed by atoms with van der Waals surface area (Å²) in [6.45, 7) is 7.09. The van der Waals surface area contributed by atoms with E-state index in [1.807, 2.05) is 0 Å². The summed E-state index contributed by atoms with van der Waals surface area (Å²) < 4.78 is 0. The Balaban J connectivity index is 2.33. The van der Waals surface area contributed by atoms with Gasteiger partial charge in [0.05, 0.1) is 0 Å². The molecule has 1 heteroatoms. The molecular weight excluding hydrogens is 196 g/mol. The molecule has 0 saturated heterocycles. The Morgan fingerprint density at radius 2 is 1.73 bits per heavy atom. The highest BCUT2D eigenvalue weighted by Gasteiger charge is 2.28. The van der Waals surface area contributed by atoms with Crippen molar-refractivity contribution < 1.29 is 0 Å². The summed E-state index contributed by atoms with van der Waals surface area (Å²) >= 11 is 0. The second kappa shape index (κ2) is 3.82. The second-order valence-electron chi connectivity index (χ2n) is 4.81. The van der Waals surface area contributed by atoms with Crippen molar-refractivity contribution in [1.82, 2.24) is 0 Å². The highest BCUT2D eigenvalue weighted by Crippen LogP contribution is 2.26. The maximum atomic E-state index is 2.45. The summed E-state index contributed by atoms with van der Waals surface area (Å²) in [5.41, 5.74) is 1.43. The van der Waals surface area contributed by atoms with E-state index in [1.165, 1.54) is 12.0 Å². The Labute approximate surface area is 93.3 Å². The summed E-state index contributed by atoms with van der Waals surface area (Å²) in [4.78, 5) is 0. The standard InChI is InChI=1S/C14H18Si/c1-12-9-10-14(11-12)15(2,3)13-7-5-4-6-8-13/h4-9,11H,10H2,1-3H3. The van der Waals surface area contributed by atoms with E-state index in [-0.39, 0.29) is 0 Å². The average Bonchev–Trinajstić information content (AvgIpc) is 2.67. The Kier molecular flexibility index (Phi) is 2.66. The summed E-state index contributed by atoms with van der Waals surface area (Å²) in [7, 11) is -1.38. The lowest BCUT2D eigenvalue weighted by Crippen LogP contribution is -2.43. The lowest BCUT2D eigenvalue weighted by molar-refractivity contribution is 1.35. The van der Waals surface area contributed by atoms with Crippen LogP contribution in [0.4, 0.5) is 0 Å². The first-order valence-electron chi connectivity index (χ1n) is 5.54. The van der Waals surface area contributed by atoms with Crippen LogP contribution in [-0.2, 0) is 0 Å². The average molecular weight is 214 g/mol. The number of rotatable bonds is 2. The van der Waals surface area contributed by atoms with Crippen LogP contribution in [0.5, 0.6) is 0 Å². The van der Waals surface area contributed by atoms with Crippen LogP contribution in [0.3, 0.4) is 0 Å². The molecule has 0 radical (unpaired) electrons. The molecule has 15 heavy (non-hydrogen) atoms. The fraction of sp³-hybridized carbons (Fsp3) is 0.286. The third-order valence-corrected chi connectivity index (χ3v) is 7.07. The predicted octanol–water partition coefficient (Wildman–Crippen LogP) is 3.42. The first-order chi connectivity index (χ1) is 7.10. The maximum absolute atomic E-state index is 2.45. The van der Waals surface area contributed by atoms with Crippen LogP contribution in [0.25, 0.3) is 0 Å². The van der Waals surface area contributed by atoms with E-state index in [2.05, 4.69) is 62.5 Å². The number of allylic oxidation sites excluding steroid dienone is 4. The van der Waals surface area contributed by atoms with Crippen molar-refractivity contribution in [3.63, 3.8) is 0 Å². The highest BCUT2D eigenvalue weighted by molar-refractivity contribution is 6.95. The van der Waals surface area contributed by atoms with Gasteiger partial charge in [-0.15, -0.1) is 0 Å². The number of hydrogen-bond acceptors (Lipinski definition) is 0. The normalized spacial score (nSPS) is 16.2. The SMILES string of the molecule is CC1=CCC([Si](C)(C)c2ccccc2)=C1. The summed E-state index contributed by atoms with van der Waals surface area (Å²) in [5, 5.41) is 3.20. The zero-order valence-corrected chi connectivity index (χ0v) is 10.7. The lowest BCUT2D eigenvalue weighted by Gasteiger charge is -2.24. The zero-order valence-electron chi connectivity index (χ0n) is 9.75. The lowest BCUT2D eigenvalue weighted by atomic mass is 10.3. The molecule has 1 aliphatic carbocycles. The van der Waals surface area contributed by atoms with Gasteiger partial charge < -0.3 is 0 Å². The zero-order chi connectivity index (χ0) is 10.9. The van der Waals surface area contributed by atoms with E-state index in [9.17, 15) is 0 Å². The van der Waals surface area contributed by atoms with E-state index < -0.39 is 8.07 Å². The largest absolute Gasteiger partial charge is 0.107 e. The quantitative estimate of drug-likeness (QED) is 0.662. The van der Waals surface area contributed by atoms with Crippen molar-refractivity contribution in [3.8, 4) is 0 Å². The van der Waals surface area contributed by atoms with Gasteiger partial charge in [0.2, 0.25) is 0 Å². The second-order valence-corrected chi connectivity index (χ2v) is 9.28. The molecule has 1 aromatic rings. The minimum Gasteiger partial charge on any atom is -0.0779 e. The molecule has 78 valence electrons. The molecule has 0 heterocycles. The van der Waals surface area contributed by atoms with E-state index in [4.69, 9.17) is 0 Å². The fourth-order valence-corrected chi connectivity index (χ4v) is 4.74. The van der Waals surface area contributed by atoms with Crippen LogP contribution in [0.15, 0.2) is 53.3 Å². The van der Waals surface area contributed by atoms with Gasteiger partial charge in [0.25, 0.3) is 0 Å². The molecule has 0 saturated carbocycles.